The molecule has 0 aromatic rings. The maximum atomic E-state index is 13.9. The molecule has 6 N–H and O–H groups in total. The molecule has 1 amide bonds. The standard InChI is InChI=1S/C83H158N2O40P6/c1-15-112-131(100,121-46-28-34-84)122-55-75(53-101-35-29-47-113-126(14,90)91)54-102-36-30-48-120-130(98,99)123-62-83(60-104-38-32-50-118-128(94,95)115-44-26-20-17-23-41-107-81-69(8)63(2)66(5)78(124-81)57-110-73(12)88,61-105-39-33-51-119-129(96,97)116-45-27-21-18-24-42-108-82-70(9)64(3)67(6)79(125-82)58-111-74(13)89)59-103-37-31-49-117-127(92,93)114-43-25-19-16-22-40-106-77-52-76(56-109-72(11)87)65(4)68(7)80(77)85-71(10)86/h63-70,75-82H,15-33,35-62H2,1-14H3,(H,85,86)(H,90,91)(H,92,93)(H,94,95)(H,96,97)(H,98,99)/t63-,64-,65+,66+,67+,68-,69?,70?,75?,76?,77+,78?,79?,80?,81+,82+,83?,131?/m0/s1. The smallest absolute Gasteiger partial charge is 0.466 e. The van der Waals surface area contributed by atoms with Crippen molar-refractivity contribution in [2.75, 3.05) is 192 Å². The Kier molecular flexibility index (Phi) is 63.7. The largest absolute Gasteiger partial charge is 0.474 e. The highest BCUT2D eigenvalue weighted by atomic mass is 31.2. The zero-order valence-corrected chi connectivity index (χ0v) is 85.0. The van der Waals surface area contributed by atoms with Gasteiger partial charge in [-0.15, -0.1) is 0 Å². The van der Waals surface area contributed by atoms with Crippen LogP contribution in [0.15, 0.2) is 0 Å². The minimum absolute atomic E-state index is 0.0108. The normalized spacial score (nSPS) is 25.9. The van der Waals surface area contributed by atoms with E-state index in [0.29, 0.717) is 90.4 Å². The number of ether oxygens (including phenoxy) is 13. The highest BCUT2D eigenvalue weighted by Crippen LogP contribution is 2.51. The van der Waals surface area contributed by atoms with Crippen molar-refractivity contribution in [2.24, 2.45) is 64.6 Å². The summed E-state index contributed by atoms with van der Waals surface area (Å²) < 4.78 is 218. The second kappa shape index (κ2) is 67.9. The molecule has 2 heterocycles. The van der Waals surface area contributed by atoms with Gasteiger partial charge in [0, 0.05) is 105 Å². The number of amides is 1. The SMILES string of the molecule is CCOP(=O)(OCCC#N)OCC(COCCCOP(C)(=O)O)COCCCOP(=O)(O)OCC(COCCCOP(=O)(O)OCCCCCCO[C@@H]1OC(COC(C)=O)[C@H](C)[C@H](C)C1C)(COCCCOP(=O)(O)OCCCCCCO[C@@H]1OC(COC(C)=O)[C@H](C)[C@H](C)C1C)COCCCOP(=O)(O)OCCCCCCO[C@@H]1CC(COC(C)=O)[C@H](C)[C@H](C)C1NC(C)=O. The molecule has 0 spiro atoms. The Bertz CT molecular complexity index is 3360. The molecule has 42 nitrogen and oxygen atoms in total. The summed E-state index contributed by atoms with van der Waals surface area (Å²) in [5.41, 5.74) is -1.52. The topological polar surface area (TPSA) is 538 Å². The molecule has 2 aliphatic heterocycles. The number of hydrogen-bond donors (Lipinski definition) is 6. The highest BCUT2D eigenvalue weighted by Gasteiger charge is 2.45. The number of nitriles is 1. The maximum absolute atomic E-state index is 13.9. The van der Waals surface area contributed by atoms with E-state index in [0.717, 1.165) is 19.5 Å². The number of unbranched alkanes of at least 4 members (excludes halogenated alkanes) is 9. The quantitative estimate of drug-likeness (QED) is 0.0142. The van der Waals surface area contributed by atoms with Crippen molar-refractivity contribution in [3.63, 3.8) is 0 Å². The van der Waals surface area contributed by atoms with Crippen LogP contribution in [0.5, 0.6) is 0 Å². The van der Waals surface area contributed by atoms with E-state index >= 15 is 0 Å². The molecule has 0 radical (unpaired) electrons. The Hall–Kier alpha value is -2.33. The van der Waals surface area contributed by atoms with Gasteiger partial charge in [-0.25, -0.2) is 22.8 Å². The Labute approximate surface area is 775 Å². The van der Waals surface area contributed by atoms with Crippen molar-refractivity contribution in [2.45, 2.75) is 249 Å². The number of carbonyl (C=O) groups is 4. The first-order valence-electron chi connectivity index (χ1n) is 46.0. The molecule has 13 unspecified atom stereocenters. The summed E-state index contributed by atoms with van der Waals surface area (Å²) in [7, 11) is -26.5. The molecule has 2 saturated heterocycles. The molecule has 0 aromatic heterocycles. The average Bonchev–Trinajstić information content (AvgIpc) is 0.789. The molecule has 3 rings (SSSR count). The van der Waals surface area contributed by atoms with E-state index in [-0.39, 0.29) is 292 Å². The predicted octanol–water partition coefficient (Wildman–Crippen LogP) is 13.9. The average molecular weight is 2010 g/mol. The number of esters is 3. The molecule has 22 atom stereocenters. The van der Waals surface area contributed by atoms with E-state index in [1.54, 1.807) is 6.92 Å². The van der Waals surface area contributed by atoms with Crippen LogP contribution in [0.4, 0.5) is 0 Å². The number of phosphoric ester groups is 5. The number of hydrogen-bond acceptors (Lipinski definition) is 36. The molecule has 0 bridgehead atoms. The third-order valence-electron chi connectivity index (χ3n) is 22.8. The van der Waals surface area contributed by atoms with Crippen molar-refractivity contribution < 1.29 is 187 Å². The fraction of sp³-hybridized carbons (Fsp3) is 0.940. The van der Waals surface area contributed by atoms with Gasteiger partial charge in [-0.1, -0.05) is 93.9 Å². The molecule has 3 fully saturated rings. The number of rotatable bonds is 80. The van der Waals surface area contributed by atoms with Crippen LogP contribution in [0.2, 0.25) is 0 Å². The van der Waals surface area contributed by atoms with Crippen molar-refractivity contribution in [3.05, 3.63) is 0 Å². The maximum Gasteiger partial charge on any atom is 0.474 e. The first kappa shape index (κ1) is 123. The predicted molar refractivity (Wildman–Crippen MR) is 476 cm³/mol. The van der Waals surface area contributed by atoms with Gasteiger partial charge in [0.05, 0.1) is 161 Å². The van der Waals surface area contributed by atoms with Gasteiger partial charge in [-0.05, 0) is 125 Å². The van der Waals surface area contributed by atoms with Gasteiger partial charge in [-0.2, -0.15) is 5.26 Å². The summed E-state index contributed by atoms with van der Waals surface area (Å²) in [4.78, 5) is 99.4. The van der Waals surface area contributed by atoms with Crippen LogP contribution in [0.3, 0.4) is 0 Å². The molecule has 1 aliphatic carbocycles. The van der Waals surface area contributed by atoms with Crippen molar-refractivity contribution >= 4 is 70.5 Å². The van der Waals surface area contributed by atoms with Crippen molar-refractivity contribution in [3.8, 4) is 6.07 Å². The van der Waals surface area contributed by atoms with Gasteiger partial charge in [0.1, 0.15) is 13.2 Å². The molecular formula is C83H158N2O40P6. The lowest BCUT2D eigenvalue weighted by Crippen LogP contribution is -2.55. The fourth-order valence-corrected chi connectivity index (χ4v) is 19.3. The van der Waals surface area contributed by atoms with Gasteiger partial charge >= 0.3 is 64.6 Å². The zero-order chi connectivity index (χ0) is 97.4. The van der Waals surface area contributed by atoms with Crippen molar-refractivity contribution in [1.29, 1.82) is 5.26 Å². The van der Waals surface area contributed by atoms with Crippen LogP contribution in [0, 0.1) is 75.9 Å². The minimum Gasteiger partial charge on any atom is -0.466 e. The van der Waals surface area contributed by atoms with E-state index in [4.69, 9.17) is 121 Å². The fourth-order valence-electron chi connectivity index (χ4n) is 14.4. The summed E-state index contributed by atoms with van der Waals surface area (Å²) in [5.74, 6) is -0.676. The Morgan fingerprint density at radius 3 is 1.12 bits per heavy atom. The van der Waals surface area contributed by atoms with Crippen LogP contribution in [-0.4, -0.2) is 277 Å². The highest BCUT2D eigenvalue weighted by molar-refractivity contribution is 7.52. The van der Waals surface area contributed by atoms with Gasteiger partial charge in [-0.3, -0.25) is 73.5 Å². The minimum atomic E-state index is -5.00. The van der Waals surface area contributed by atoms with Gasteiger partial charge in [0.15, 0.2) is 12.6 Å². The number of nitrogens with zero attached hydrogens (tertiary/aromatic N) is 1. The van der Waals surface area contributed by atoms with E-state index in [1.807, 2.05) is 13.0 Å². The van der Waals surface area contributed by atoms with Crippen LogP contribution in [0.25, 0.3) is 0 Å². The van der Waals surface area contributed by atoms with E-state index < -0.39 is 83.8 Å². The molecule has 0 aromatic carbocycles. The number of carbonyl (C=O) groups excluding carboxylic acids is 4. The second-order valence-electron chi connectivity index (χ2n) is 33.9. The zero-order valence-electron chi connectivity index (χ0n) is 79.6. The first-order valence-corrected chi connectivity index (χ1v) is 55.5. The van der Waals surface area contributed by atoms with Crippen LogP contribution >= 0.6 is 46.7 Å². The lowest BCUT2D eigenvalue weighted by Gasteiger charge is -2.44. The lowest BCUT2D eigenvalue weighted by atomic mass is 9.70. The molecule has 131 heavy (non-hydrogen) atoms. The van der Waals surface area contributed by atoms with E-state index in [2.05, 4.69) is 53.8 Å². The van der Waals surface area contributed by atoms with Crippen LogP contribution in [-0.2, 0) is 162 Å². The molecular weight excluding hydrogens is 1850 g/mol. The van der Waals surface area contributed by atoms with E-state index in [9.17, 15) is 71.0 Å². The second-order valence-corrected chi connectivity index (χ2v) is 43.3. The number of nitrogens with one attached hydrogen (secondary N) is 1. The van der Waals surface area contributed by atoms with Crippen molar-refractivity contribution in [1.82, 2.24) is 5.32 Å². The molecule has 3 aliphatic rings. The molecule has 1 saturated carbocycles. The van der Waals surface area contributed by atoms with Gasteiger partial charge < -0.3 is 95.9 Å². The first-order chi connectivity index (χ1) is 62.0. The Morgan fingerprint density at radius 2 is 0.748 bits per heavy atom. The molecule has 770 valence electrons. The van der Waals surface area contributed by atoms with Crippen LogP contribution in [0.1, 0.15) is 212 Å². The third-order valence-corrected chi connectivity index (χ3v) is 29.0. The lowest BCUT2D eigenvalue weighted by molar-refractivity contribution is -0.255. The third kappa shape index (κ3) is 56.6. The van der Waals surface area contributed by atoms with Gasteiger partial charge in [0.2, 0.25) is 5.91 Å². The summed E-state index contributed by atoms with van der Waals surface area (Å²) in [5, 5.41) is 12.1. The van der Waals surface area contributed by atoms with E-state index in [1.165, 1.54) is 27.7 Å². The molecule has 48 heteroatoms. The van der Waals surface area contributed by atoms with Gasteiger partial charge in [0.25, 0.3) is 0 Å². The Morgan fingerprint density at radius 1 is 0.389 bits per heavy atom. The monoisotopic (exact) mass is 2010 g/mol. The number of phosphoric acid groups is 5. The Balaban J connectivity index is 1.73. The van der Waals surface area contributed by atoms with Crippen LogP contribution < -0.4 is 5.32 Å². The summed E-state index contributed by atoms with van der Waals surface area (Å²) >= 11 is 0. The summed E-state index contributed by atoms with van der Waals surface area (Å²) in [6.45, 7) is 21.9. The summed E-state index contributed by atoms with van der Waals surface area (Å²) in [6, 6.07) is 1.65. The summed E-state index contributed by atoms with van der Waals surface area (Å²) in [6.07, 6.45) is 6.30.